The molecule has 1 aromatic heterocycles. The molecule has 0 aromatic carbocycles. The number of aromatic nitrogens is 1. The highest BCUT2D eigenvalue weighted by Gasteiger charge is 2.63. The van der Waals surface area contributed by atoms with Crippen LogP contribution in [0.2, 0.25) is 0 Å². The van der Waals surface area contributed by atoms with E-state index in [0.29, 0.717) is 35.3 Å². The fraction of sp³-hybridized carbons (Fsp3) is 0.588. The van der Waals surface area contributed by atoms with E-state index in [1.165, 1.54) is 7.11 Å². The van der Waals surface area contributed by atoms with Gasteiger partial charge in [-0.1, -0.05) is 0 Å². The van der Waals surface area contributed by atoms with Gasteiger partial charge in [0.2, 0.25) is 0 Å². The van der Waals surface area contributed by atoms with Crippen molar-refractivity contribution in [3.63, 3.8) is 0 Å². The third-order valence-electron chi connectivity index (χ3n) is 5.43. The number of hydrogen-bond donors (Lipinski definition) is 0. The molecule has 1 aliphatic heterocycles. The molecule has 0 saturated heterocycles. The van der Waals surface area contributed by atoms with Crippen LogP contribution in [0, 0.1) is 17.8 Å². The number of thioether (sulfide) groups is 1. The number of carbonyl (C=O) groups is 2. The molecule has 4 rings (SSSR count). The fourth-order valence-corrected chi connectivity index (χ4v) is 6.41. The Hall–Kier alpha value is -1.56. The maximum atomic E-state index is 12.2. The summed E-state index contributed by atoms with van der Waals surface area (Å²) in [5.41, 5.74) is 0.626. The van der Waals surface area contributed by atoms with Crippen molar-refractivity contribution in [2.24, 2.45) is 17.8 Å². The van der Waals surface area contributed by atoms with Gasteiger partial charge >= 0.3 is 11.9 Å². The summed E-state index contributed by atoms with van der Waals surface area (Å²) in [6, 6.07) is 4.11. The molecule has 2 bridgehead atoms. The summed E-state index contributed by atoms with van der Waals surface area (Å²) in [5, 5.41) is 1.34. The van der Waals surface area contributed by atoms with Gasteiger partial charge < -0.3 is 9.47 Å². The summed E-state index contributed by atoms with van der Waals surface area (Å²) >= 11 is 1.73. The standard InChI is InChI=1S/C17H20NO4S/c1-3-22-17(20)12-8-9-7-11(12)14-13(9)18-6-4-5-10(15(18)23-14)16(19)21-2/h4-6,9,11-14H,3,7-8H2,1-2H3/q+1/t9-,11-,12-,13-,14+/m1/s1. The monoisotopic (exact) mass is 334 g/mol. The van der Waals surface area contributed by atoms with Crippen LogP contribution in [-0.4, -0.2) is 30.9 Å². The maximum Gasteiger partial charge on any atom is 0.345 e. The minimum absolute atomic E-state index is 0.0187. The highest BCUT2D eigenvalue weighted by Crippen LogP contribution is 2.60. The van der Waals surface area contributed by atoms with Crippen LogP contribution in [0.5, 0.6) is 0 Å². The Kier molecular flexibility index (Phi) is 3.59. The number of ether oxygens (including phenoxy) is 2. The van der Waals surface area contributed by atoms with Gasteiger partial charge in [0.15, 0.2) is 12.2 Å². The van der Waals surface area contributed by atoms with Crippen LogP contribution < -0.4 is 4.57 Å². The van der Waals surface area contributed by atoms with Crippen LogP contribution >= 0.6 is 11.8 Å². The first-order valence-electron chi connectivity index (χ1n) is 8.11. The number of methoxy groups -OCH3 is 1. The van der Waals surface area contributed by atoms with Gasteiger partial charge in [-0.15, -0.1) is 0 Å². The van der Waals surface area contributed by atoms with E-state index in [1.54, 1.807) is 11.8 Å². The van der Waals surface area contributed by atoms with Crippen molar-refractivity contribution in [3.05, 3.63) is 23.9 Å². The Balaban J connectivity index is 1.65. The molecular weight excluding hydrogens is 314 g/mol. The lowest BCUT2D eigenvalue weighted by molar-refractivity contribution is -0.756. The van der Waals surface area contributed by atoms with Gasteiger partial charge in [-0.2, -0.15) is 4.57 Å². The molecule has 0 radical (unpaired) electrons. The summed E-state index contributed by atoms with van der Waals surface area (Å²) in [6.07, 6.45) is 4.04. The van der Waals surface area contributed by atoms with Crippen molar-refractivity contribution in [1.29, 1.82) is 0 Å². The van der Waals surface area contributed by atoms with E-state index in [1.807, 2.05) is 19.1 Å². The van der Waals surface area contributed by atoms with Gasteiger partial charge in [0.05, 0.1) is 24.9 Å². The van der Waals surface area contributed by atoms with E-state index in [2.05, 4.69) is 10.8 Å². The van der Waals surface area contributed by atoms with E-state index in [9.17, 15) is 9.59 Å². The quantitative estimate of drug-likeness (QED) is 0.625. The lowest BCUT2D eigenvalue weighted by Crippen LogP contribution is -2.46. The highest BCUT2D eigenvalue weighted by molar-refractivity contribution is 8.00. The molecule has 122 valence electrons. The number of fused-ring (bicyclic) bond motifs is 7. The first-order chi connectivity index (χ1) is 11.2. The van der Waals surface area contributed by atoms with Crippen molar-refractivity contribution in [2.75, 3.05) is 13.7 Å². The second-order valence-corrected chi connectivity index (χ2v) is 7.62. The molecule has 5 atom stereocenters. The minimum atomic E-state index is -0.295. The van der Waals surface area contributed by atoms with Crippen molar-refractivity contribution >= 4 is 23.7 Å². The topological polar surface area (TPSA) is 56.5 Å². The third kappa shape index (κ3) is 2.11. The van der Waals surface area contributed by atoms with Gasteiger partial charge in [0.1, 0.15) is 5.56 Å². The van der Waals surface area contributed by atoms with E-state index in [4.69, 9.17) is 9.47 Å². The van der Waals surface area contributed by atoms with Crippen molar-refractivity contribution in [1.82, 2.24) is 0 Å². The average molecular weight is 334 g/mol. The van der Waals surface area contributed by atoms with Crippen LogP contribution in [0.3, 0.4) is 0 Å². The van der Waals surface area contributed by atoms with Crippen LogP contribution in [0.1, 0.15) is 36.2 Å². The van der Waals surface area contributed by atoms with Crippen molar-refractivity contribution < 1.29 is 23.6 Å². The normalized spacial score (nSPS) is 33.2. The molecule has 23 heavy (non-hydrogen) atoms. The van der Waals surface area contributed by atoms with E-state index < -0.39 is 0 Å². The maximum absolute atomic E-state index is 12.2. The zero-order valence-electron chi connectivity index (χ0n) is 13.2. The Morgan fingerprint density at radius 1 is 1.39 bits per heavy atom. The molecule has 1 aromatic rings. The van der Waals surface area contributed by atoms with Crippen LogP contribution in [0.4, 0.5) is 0 Å². The van der Waals surface area contributed by atoms with Crippen LogP contribution in [0.25, 0.3) is 0 Å². The molecule has 0 amide bonds. The van der Waals surface area contributed by atoms with Crippen molar-refractivity contribution in [3.8, 4) is 0 Å². The minimum Gasteiger partial charge on any atom is -0.466 e. The SMILES string of the molecule is CCOC(=O)[C@@H]1C[C@H]2C[C@H]1[C@@H]1Sc3c(C(=O)OC)ccc[n+]3[C@H]21. The number of hydrogen-bond acceptors (Lipinski definition) is 5. The summed E-state index contributed by atoms with van der Waals surface area (Å²) in [6.45, 7) is 2.29. The molecule has 2 fully saturated rings. The first-order valence-corrected chi connectivity index (χ1v) is 8.99. The van der Waals surface area contributed by atoms with Gasteiger partial charge in [0, 0.05) is 12.0 Å². The zero-order valence-corrected chi connectivity index (χ0v) is 14.0. The number of pyridine rings is 1. The number of rotatable bonds is 3. The lowest BCUT2D eigenvalue weighted by atomic mass is 9.85. The number of carbonyl (C=O) groups excluding carboxylic acids is 2. The molecule has 2 heterocycles. The molecule has 0 spiro atoms. The Labute approximate surface area is 139 Å². The fourth-order valence-electron chi connectivity index (χ4n) is 4.60. The van der Waals surface area contributed by atoms with E-state index >= 15 is 0 Å². The Bertz CT molecular complexity index is 677. The molecule has 0 N–H and O–H groups in total. The predicted octanol–water partition coefficient (Wildman–Crippen LogP) is 2.00. The lowest BCUT2D eigenvalue weighted by Gasteiger charge is -2.25. The molecule has 5 nitrogen and oxygen atoms in total. The number of esters is 2. The first kappa shape index (κ1) is 15.0. The molecule has 2 aliphatic carbocycles. The van der Waals surface area contributed by atoms with Gasteiger partial charge in [0.25, 0.3) is 5.03 Å². The molecule has 0 unspecified atom stereocenters. The largest absolute Gasteiger partial charge is 0.466 e. The average Bonchev–Trinajstić information content (AvgIpc) is 3.23. The van der Waals surface area contributed by atoms with E-state index in [-0.39, 0.29) is 17.9 Å². The second kappa shape index (κ2) is 5.51. The summed E-state index contributed by atoms with van der Waals surface area (Å²) in [4.78, 5) is 24.2. The zero-order chi connectivity index (χ0) is 16.1. The molecule has 6 heteroatoms. The second-order valence-electron chi connectivity index (χ2n) is 6.45. The Morgan fingerprint density at radius 2 is 2.22 bits per heavy atom. The van der Waals surface area contributed by atoms with Gasteiger partial charge in [-0.05, 0) is 43.5 Å². The molecule has 3 aliphatic rings. The van der Waals surface area contributed by atoms with E-state index in [0.717, 1.165) is 17.9 Å². The molecule has 2 saturated carbocycles. The van der Waals surface area contributed by atoms with Crippen LogP contribution in [0.15, 0.2) is 23.4 Å². The van der Waals surface area contributed by atoms with Gasteiger partial charge in [-0.3, -0.25) is 4.79 Å². The summed E-state index contributed by atoms with van der Waals surface area (Å²) in [5.74, 6) is 0.514. The summed E-state index contributed by atoms with van der Waals surface area (Å²) in [7, 11) is 1.41. The Morgan fingerprint density at radius 3 is 2.96 bits per heavy atom. The smallest absolute Gasteiger partial charge is 0.345 e. The van der Waals surface area contributed by atoms with Crippen LogP contribution in [-0.2, 0) is 14.3 Å². The predicted molar refractivity (Wildman–Crippen MR) is 83.0 cm³/mol. The summed E-state index contributed by atoms with van der Waals surface area (Å²) < 4.78 is 12.4. The highest BCUT2D eigenvalue weighted by atomic mass is 32.2. The number of nitrogens with zero attached hydrogens (tertiary/aromatic N) is 1. The van der Waals surface area contributed by atoms with Gasteiger partial charge in [-0.25, -0.2) is 4.79 Å². The molecular formula is C17H20NO4S+. The third-order valence-corrected chi connectivity index (χ3v) is 6.98. The van der Waals surface area contributed by atoms with Crippen molar-refractivity contribution in [2.45, 2.75) is 36.1 Å².